The van der Waals surface area contributed by atoms with Crippen molar-refractivity contribution in [2.24, 2.45) is 0 Å². The molecule has 16 heavy (non-hydrogen) atoms. The van der Waals surface area contributed by atoms with Gasteiger partial charge in [0.1, 0.15) is 0 Å². The quantitative estimate of drug-likeness (QED) is 0.764. The Morgan fingerprint density at radius 1 is 1.31 bits per heavy atom. The van der Waals surface area contributed by atoms with E-state index in [9.17, 15) is 8.78 Å². The van der Waals surface area contributed by atoms with Crippen LogP contribution in [0.4, 0.5) is 8.78 Å². The molecule has 0 aliphatic heterocycles. The number of alkyl halides is 2. The van der Waals surface area contributed by atoms with Crippen LogP contribution in [0.3, 0.4) is 0 Å². The highest BCUT2D eigenvalue weighted by Crippen LogP contribution is 2.01. The predicted molar refractivity (Wildman–Crippen MR) is 57.5 cm³/mol. The lowest BCUT2D eigenvalue weighted by Gasteiger charge is -2.20. The summed E-state index contributed by atoms with van der Waals surface area (Å²) in [6, 6.07) is 5.54. The number of aliphatic hydroxyl groups is 1. The van der Waals surface area contributed by atoms with E-state index in [4.69, 9.17) is 5.11 Å². The van der Waals surface area contributed by atoms with Crippen LogP contribution in [0.15, 0.2) is 24.4 Å². The van der Waals surface area contributed by atoms with Crippen LogP contribution in [-0.2, 0) is 6.42 Å². The number of aromatic nitrogens is 1. The monoisotopic (exact) mass is 230 g/mol. The highest BCUT2D eigenvalue weighted by atomic mass is 19.3. The average molecular weight is 230 g/mol. The van der Waals surface area contributed by atoms with E-state index < -0.39 is 6.43 Å². The molecule has 0 amide bonds. The predicted octanol–water partition coefficient (Wildman–Crippen LogP) is 1.18. The maximum absolute atomic E-state index is 12.2. The maximum Gasteiger partial charge on any atom is 0.251 e. The Labute approximate surface area is 93.7 Å². The largest absolute Gasteiger partial charge is 0.395 e. The van der Waals surface area contributed by atoms with Crippen molar-refractivity contribution in [3.8, 4) is 0 Å². The van der Waals surface area contributed by atoms with Crippen molar-refractivity contribution >= 4 is 0 Å². The minimum Gasteiger partial charge on any atom is -0.395 e. The Balaban J connectivity index is 2.37. The van der Waals surface area contributed by atoms with Crippen LogP contribution in [-0.4, -0.2) is 47.7 Å². The van der Waals surface area contributed by atoms with E-state index in [2.05, 4.69) is 4.98 Å². The lowest BCUT2D eigenvalue weighted by Crippen LogP contribution is -2.33. The van der Waals surface area contributed by atoms with Crippen LogP contribution in [0.2, 0.25) is 0 Å². The second kappa shape index (κ2) is 7.24. The van der Waals surface area contributed by atoms with Crippen molar-refractivity contribution in [1.29, 1.82) is 0 Å². The van der Waals surface area contributed by atoms with E-state index in [0.29, 0.717) is 13.0 Å². The van der Waals surface area contributed by atoms with Crippen molar-refractivity contribution in [2.45, 2.75) is 12.8 Å². The van der Waals surface area contributed by atoms with Crippen molar-refractivity contribution in [3.63, 3.8) is 0 Å². The Hall–Kier alpha value is -1.07. The Morgan fingerprint density at radius 2 is 2.12 bits per heavy atom. The third-order valence-corrected chi connectivity index (χ3v) is 2.22. The molecule has 0 unspecified atom stereocenters. The van der Waals surface area contributed by atoms with E-state index in [1.165, 1.54) is 0 Å². The zero-order chi connectivity index (χ0) is 11.8. The van der Waals surface area contributed by atoms with Crippen molar-refractivity contribution in [3.05, 3.63) is 30.1 Å². The van der Waals surface area contributed by atoms with Gasteiger partial charge in [-0.2, -0.15) is 0 Å². The Bertz CT molecular complexity index is 283. The first-order valence-electron chi connectivity index (χ1n) is 5.23. The highest BCUT2D eigenvalue weighted by molar-refractivity contribution is 5.03. The number of aliphatic hydroxyl groups excluding tert-OH is 1. The minimum absolute atomic E-state index is 0.102. The van der Waals surface area contributed by atoms with E-state index in [-0.39, 0.29) is 19.7 Å². The second-order valence-electron chi connectivity index (χ2n) is 3.49. The number of hydrogen-bond donors (Lipinski definition) is 1. The summed E-state index contributed by atoms with van der Waals surface area (Å²) in [6.07, 6.45) is -0.0675. The fourth-order valence-corrected chi connectivity index (χ4v) is 1.45. The van der Waals surface area contributed by atoms with Gasteiger partial charge in [-0.3, -0.25) is 9.88 Å². The van der Waals surface area contributed by atoms with Gasteiger partial charge in [0.05, 0.1) is 13.2 Å². The highest BCUT2D eigenvalue weighted by Gasteiger charge is 2.11. The molecule has 1 aromatic heterocycles. The van der Waals surface area contributed by atoms with Gasteiger partial charge in [0.25, 0.3) is 6.43 Å². The fraction of sp³-hybridized carbons (Fsp3) is 0.545. The molecule has 1 aromatic rings. The zero-order valence-corrected chi connectivity index (χ0v) is 9.02. The van der Waals surface area contributed by atoms with Crippen molar-refractivity contribution in [1.82, 2.24) is 9.88 Å². The first-order chi connectivity index (χ1) is 7.72. The fourth-order valence-electron chi connectivity index (χ4n) is 1.45. The van der Waals surface area contributed by atoms with Gasteiger partial charge in [-0.05, 0) is 12.1 Å². The molecule has 0 saturated heterocycles. The molecule has 1 rings (SSSR count). The van der Waals surface area contributed by atoms with Crippen molar-refractivity contribution in [2.75, 3.05) is 26.2 Å². The molecule has 0 bridgehead atoms. The molecular formula is C11H16F2N2O. The molecular weight excluding hydrogens is 214 g/mol. The third kappa shape index (κ3) is 5.14. The molecule has 0 atom stereocenters. The summed E-state index contributed by atoms with van der Waals surface area (Å²) in [5.74, 6) is 0. The van der Waals surface area contributed by atoms with Gasteiger partial charge in [0.15, 0.2) is 0 Å². The standard InChI is InChI=1S/C11H16F2N2O/c12-11(13)9-15(7-8-16)6-4-10-3-1-2-5-14-10/h1-3,5,11,16H,4,6-9H2. The molecule has 0 aliphatic carbocycles. The molecule has 1 N–H and O–H groups in total. The third-order valence-electron chi connectivity index (χ3n) is 2.22. The summed E-state index contributed by atoms with van der Waals surface area (Å²) in [6.45, 7) is 0.363. The summed E-state index contributed by atoms with van der Waals surface area (Å²) in [7, 11) is 0. The summed E-state index contributed by atoms with van der Waals surface area (Å²) < 4.78 is 24.4. The van der Waals surface area contributed by atoms with E-state index in [1.807, 2.05) is 18.2 Å². The summed E-state index contributed by atoms with van der Waals surface area (Å²) >= 11 is 0. The smallest absolute Gasteiger partial charge is 0.251 e. The average Bonchev–Trinajstić information content (AvgIpc) is 2.27. The van der Waals surface area contributed by atoms with Gasteiger partial charge in [-0.25, -0.2) is 8.78 Å². The second-order valence-corrected chi connectivity index (χ2v) is 3.49. The summed E-state index contributed by atoms with van der Waals surface area (Å²) in [5.41, 5.74) is 0.875. The van der Waals surface area contributed by atoms with E-state index in [0.717, 1.165) is 5.69 Å². The Morgan fingerprint density at radius 3 is 2.69 bits per heavy atom. The molecule has 0 saturated carbocycles. The first-order valence-corrected chi connectivity index (χ1v) is 5.23. The van der Waals surface area contributed by atoms with Gasteiger partial charge in [0, 0.05) is 31.4 Å². The molecule has 0 spiro atoms. The number of rotatable bonds is 7. The number of pyridine rings is 1. The molecule has 3 nitrogen and oxygen atoms in total. The van der Waals surface area contributed by atoms with Crippen LogP contribution in [0, 0.1) is 0 Å². The summed E-state index contributed by atoms with van der Waals surface area (Å²) in [5, 5.41) is 8.74. The molecule has 5 heteroatoms. The molecule has 90 valence electrons. The Kier molecular flexibility index (Phi) is 5.88. The van der Waals surface area contributed by atoms with Crippen LogP contribution in [0.1, 0.15) is 5.69 Å². The zero-order valence-electron chi connectivity index (χ0n) is 9.02. The molecule has 0 radical (unpaired) electrons. The van der Waals surface area contributed by atoms with E-state index >= 15 is 0 Å². The van der Waals surface area contributed by atoms with Gasteiger partial charge in [-0.1, -0.05) is 6.07 Å². The maximum atomic E-state index is 12.2. The lowest BCUT2D eigenvalue weighted by molar-refractivity contribution is 0.0788. The minimum atomic E-state index is -2.37. The van der Waals surface area contributed by atoms with Gasteiger partial charge in [0.2, 0.25) is 0 Å². The lowest BCUT2D eigenvalue weighted by atomic mass is 10.2. The topological polar surface area (TPSA) is 36.4 Å². The van der Waals surface area contributed by atoms with Crippen LogP contribution in [0.25, 0.3) is 0 Å². The van der Waals surface area contributed by atoms with Gasteiger partial charge < -0.3 is 5.11 Å². The SMILES string of the molecule is OCCN(CCc1ccccn1)CC(F)F. The van der Waals surface area contributed by atoms with E-state index in [1.54, 1.807) is 11.1 Å². The normalized spacial score (nSPS) is 11.3. The molecule has 1 heterocycles. The van der Waals surface area contributed by atoms with Crippen LogP contribution in [0.5, 0.6) is 0 Å². The van der Waals surface area contributed by atoms with Crippen molar-refractivity contribution < 1.29 is 13.9 Å². The number of hydrogen-bond acceptors (Lipinski definition) is 3. The molecule has 0 aromatic carbocycles. The molecule has 0 aliphatic rings. The van der Waals surface area contributed by atoms with Crippen LogP contribution < -0.4 is 0 Å². The number of nitrogens with zero attached hydrogens (tertiary/aromatic N) is 2. The van der Waals surface area contributed by atoms with Gasteiger partial charge in [-0.15, -0.1) is 0 Å². The first kappa shape index (κ1) is 13.0. The molecule has 0 fully saturated rings. The summed E-state index contributed by atoms with van der Waals surface area (Å²) in [4.78, 5) is 5.65. The van der Waals surface area contributed by atoms with Crippen LogP contribution >= 0.6 is 0 Å². The number of halogens is 2. The van der Waals surface area contributed by atoms with Gasteiger partial charge >= 0.3 is 0 Å².